The molecule has 1 aromatic heterocycles. The number of aromatic nitrogens is 1. The van der Waals surface area contributed by atoms with Gasteiger partial charge in [0, 0.05) is 44.4 Å². The zero-order valence-electron chi connectivity index (χ0n) is 47.1. The van der Waals surface area contributed by atoms with Gasteiger partial charge in [-0.1, -0.05) is 209 Å². The number of fused-ring (bicyclic) bond motifs is 9. The molecule has 2 heteroatoms. The van der Waals surface area contributed by atoms with Gasteiger partial charge in [0.1, 0.15) is 0 Å². The number of anilines is 3. The van der Waals surface area contributed by atoms with E-state index in [1.165, 1.54) is 117 Å². The summed E-state index contributed by atoms with van der Waals surface area (Å²) in [6.07, 6.45) is 2.17. The zero-order chi connectivity index (χ0) is 53.9. The normalized spacial score (nSPS) is 14.1. The second-order valence-electron chi connectivity index (χ2n) is 24.7. The van der Waals surface area contributed by atoms with E-state index >= 15 is 0 Å². The van der Waals surface area contributed by atoms with Gasteiger partial charge in [-0.3, -0.25) is 0 Å². The first-order chi connectivity index (χ1) is 37.6. The Hall–Kier alpha value is -8.20. The monoisotopic (exact) mass is 1010 g/mol. The molecule has 2 aliphatic rings. The second-order valence-corrected chi connectivity index (χ2v) is 24.7. The van der Waals surface area contributed by atoms with Gasteiger partial charge in [0.15, 0.2) is 0 Å². The highest BCUT2D eigenvalue weighted by molar-refractivity contribution is 6.11. The van der Waals surface area contributed by atoms with Crippen LogP contribution in [0.25, 0.3) is 83.1 Å². The standard InChI is InChI=1S/C76H70N2/c1-11-73(3,4)55-30-42-72-66(45-55)65-43-53(54-27-37-61-62-38-29-56(74(5,6)12-2)46-68(62)75(7,8)67(61)44-54)28-41-71(65)78(72)60-36-40-64-63-39-35-59(47-69(63)76(9,10)70(64)48-60)77(57-31-23-51(24-32-57)49-19-15-13-16-20-49)58-33-25-52(26-34-58)50-21-17-14-18-22-50/h13-48H,11-12H2,1-10H3. The highest BCUT2D eigenvalue weighted by atomic mass is 15.1. The molecule has 78 heavy (non-hydrogen) atoms. The lowest BCUT2D eigenvalue weighted by Gasteiger charge is -2.28. The SMILES string of the molecule is CCC(C)(C)c1ccc2c(c1)C(C)(C)c1cc(-c3ccc4c(c3)c3cc(C(C)(C)CC)ccc3n4-c3ccc4c(c3)C(C)(C)c3cc(N(c5ccc(-c6ccccc6)cc5)c5ccc(-c6ccccc6)cc5)ccc3-4)ccc1-2. The molecule has 11 aromatic rings. The van der Waals surface area contributed by atoms with Crippen molar-refractivity contribution in [1.82, 2.24) is 4.57 Å². The molecule has 0 saturated heterocycles. The van der Waals surface area contributed by atoms with Gasteiger partial charge in [-0.05, 0) is 192 Å². The molecule has 0 unspecified atom stereocenters. The van der Waals surface area contributed by atoms with Crippen molar-refractivity contribution in [2.45, 2.75) is 104 Å². The summed E-state index contributed by atoms with van der Waals surface area (Å²) in [6, 6.07) is 82.7. The summed E-state index contributed by atoms with van der Waals surface area (Å²) in [6.45, 7) is 23.8. The van der Waals surface area contributed by atoms with Gasteiger partial charge in [-0.15, -0.1) is 0 Å². The van der Waals surface area contributed by atoms with E-state index in [1.54, 1.807) is 0 Å². The summed E-state index contributed by atoms with van der Waals surface area (Å²) in [5, 5.41) is 2.58. The maximum Gasteiger partial charge on any atom is 0.0541 e. The van der Waals surface area contributed by atoms with Crippen LogP contribution in [0, 0.1) is 0 Å². The average Bonchev–Trinajstić information content (AvgIpc) is 4.20. The number of hydrogen-bond donors (Lipinski definition) is 0. The van der Waals surface area contributed by atoms with E-state index in [4.69, 9.17) is 0 Å². The molecule has 0 atom stereocenters. The van der Waals surface area contributed by atoms with Crippen molar-refractivity contribution in [2.75, 3.05) is 4.90 Å². The van der Waals surface area contributed by atoms with E-state index < -0.39 is 0 Å². The fraction of sp³-hybridized carbons (Fsp3) is 0.211. The molecule has 0 bridgehead atoms. The number of benzene rings is 10. The molecule has 0 aliphatic heterocycles. The maximum atomic E-state index is 2.53. The lowest BCUT2D eigenvalue weighted by atomic mass is 9.77. The lowest BCUT2D eigenvalue weighted by molar-refractivity contribution is 0.504. The van der Waals surface area contributed by atoms with Crippen LogP contribution in [0.3, 0.4) is 0 Å². The third-order valence-electron chi connectivity index (χ3n) is 18.7. The molecule has 0 N–H and O–H groups in total. The molecule has 1 heterocycles. The number of nitrogens with zero attached hydrogens (tertiary/aromatic N) is 2. The van der Waals surface area contributed by atoms with Crippen LogP contribution in [0.2, 0.25) is 0 Å². The number of hydrogen-bond acceptors (Lipinski definition) is 1. The largest absolute Gasteiger partial charge is 0.310 e. The molecular formula is C76H70N2. The van der Waals surface area contributed by atoms with Gasteiger partial charge in [0.25, 0.3) is 0 Å². The summed E-state index contributed by atoms with van der Waals surface area (Å²) in [7, 11) is 0. The van der Waals surface area contributed by atoms with Gasteiger partial charge in [-0.2, -0.15) is 0 Å². The lowest BCUT2D eigenvalue weighted by Crippen LogP contribution is -2.19. The Kier molecular flexibility index (Phi) is 11.5. The Labute approximate surface area is 462 Å². The molecule has 2 aliphatic carbocycles. The first-order valence-electron chi connectivity index (χ1n) is 28.4. The van der Waals surface area contributed by atoms with E-state index in [2.05, 4.69) is 297 Å². The first-order valence-corrected chi connectivity index (χ1v) is 28.4. The Bertz CT molecular complexity index is 4040. The van der Waals surface area contributed by atoms with Crippen LogP contribution >= 0.6 is 0 Å². The molecule has 13 rings (SSSR count). The topological polar surface area (TPSA) is 8.17 Å². The van der Waals surface area contributed by atoms with E-state index in [0.29, 0.717) is 0 Å². The van der Waals surface area contributed by atoms with Gasteiger partial charge in [0.05, 0.1) is 11.0 Å². The summed E-state index contributed by atoms with van der Waals surface area (Å²) < 4.78 is 2.53. The molecule has 0 radical (unpaired) electrons. The molecule has 2 nitrogen and oxygen atoms in total. The van der Waals surface area contributed by atoms with Gasteiger partial charge in [-0.25, -0.2) is 0 Å². The van der Waals surface area contributed by atoms with E-state index in [0.717, 1.165) is 29.9 Å². The van der Waals surface area contributed by atoms with Crippen LogP contribution in [-0.4, -0.2) is 4.57 Å². The third kappa shape index (κ3) is 7.89. The maximum absolute atomic E-state index is 2.53. The van der Waals surface area contributed by atoms with E-state index in [-0.39, 0.29) is 21.7 Å². The molecule has 0 amide bonds. The van der Waals surface area contributed by atoms with Crippen molar-refractivity contribution >= 4 is 38.9 Å². The Balaban J connectivity index is 0.896. The smallest absolute Gasteiger partial charge is 0.0541 e. The minimum absolute atomic E-state index is 0.0437. The van der Waals surface area contributed by atoms with Crippen LogP contribution in [0.1, 0.15) is 115 Å². The minimum Gasteiger partial charge on any atom is -0.310 e. The van der Waals surface area contributed by atoms with Crippen molar-refractivity contribution in [3.63, 3.8) is 0 Å². The first kappa shape index (κ1) is 49.4. The molecule has 10 aromatic carbocycles. The van der Waals surface area contributed by atoms with Crippen molar-refractivity contribution in [2.24, 2.45) is 0 Å². The molecular weight excluding hydrogens is 941 g/mol. The van der Waals surface area contributed by atoms with Crippen LogP contribution < -0.4 is 4.90 Å². The van der Waals surface area contributed by atoms with Crippen molar-refractivity contribution in [3.05, 3.63) is 252 Å². The Morgan fingerprint density at radius 1 is 0.346 bits per heavy atom. The van der Waals surface area contributed by atoms with Gasteiger partial charge in [0.2, 0.25) is 0 Å². The second kappa shape index (κ2) is 18.2. The highest BCUT2D eigenvalue weighted by Gasteiger charge is 2.38. The minimum atomic E-state index is -0.268. The third-order valence-corrected chi connectivity index (χ3v) is 18.7. The predicted octanol–water partition coefficient (Wildman–Crippen LogP) is 21.2. The highest BCUT2D eigenvalue weighted by Crippen LogP contribution is 2.54. The predicted molar refractivity (Wildman–Crippen MR) is 334 cm³/mol. The van der Waals surface area contributed by atoms with E-state index in [1.807, 2.05) is 0 Å². The summed E-state index contributed by atoms with van der Waals surface area (Å²) in [5.74, 6) is 0. The number of rotatable bonds is 11. The van der Waals surface area contributed by atoms with Gasteiger partial charge < -0.3 is 9.47 Å². The fourth-order valence-corrected chi connectivity index (χ4v) is 13.0. The van der Waals surface area contributed by atoms with Crippen LogP contribution in [-0.2, 0) is 21.7 Å². The van der Waals surface area contributed by atoms with Crippen LogP contribution in [0.4, 0.5) is 17.1 Å². The summed E-state index contributed by atoms with van der Waals surface area (Å²) in [5.41, 5.74) is 27.8. The van der Waals surface area contributed by atoms with Crippen molar-refractivity contribution in [1.29, 1.82) is 0 Å². The molecule has 0 spiro atoms. The Morgan fingerprint density at radius 2 is 0.731 bits per heavy atom. The fourth-order valence-electron chi connectivity index (χ4n) is 13.0. The summed E-state index contributed by atoms with van der Waals surface area (Å²) in [4.78, 5) is 2.42. The summed E-state index contributed by atoms with van der Waals surface area (Å²) >= 11 is 0. The van der Waals surface area contributed by atoms with Crippen LogP contribution in [0.5, 0.6) is 0 Å². The quantitative estimate of drug-likeness (QED) is 0.125. The molecule has 0 fully saturated rings. The zero-order valence-corrected chi connectivity index (χ0v) is 47.1. The average molecular weight is 1010 g/mol. The molecule has 384 valence electrons. The van der Waals surface area contributed by atoms with Crippen molar-refractivity contribution in [3.8, 4) is 61.3 Å². The van der Waals surface area contributed by atoms with Crippen LogP contribution in [0.15, 0.2) is 218 Å². The van der Waals surface area contributed by atoms with Crippen molar-refractivity contribution < 1.29 is 0 Å². The van der Waals surface area contributed by atoms with Gasteiger partial charge >= 0.3 is 0 Å². The van der Waals surface area contributed by atoms with E-state index in [9.17, 15) is 0 Å². The Morgan fingerprint density at radius 3 is 1.29 bits per heavy atom. The molecule has 0 saturated carbocycles.